The molecule has 3 rings (SSSR count). The lowest BCUT2D eigenvalue weighted by Gasteiger charge is -2.38. The molecule has 1 aliphatic heterocycles. The van der Waals surface area contributed by atoms with Gasteiger partial charge in [0, 0.05) is 36.1 Å². The summed E-state index contributed by atoms with van der Waals surface area (Å²) in [7, 11) is 0. The average Bonchev–Trinajstić information content (AvgIpc) is 2.66. The number of likely N-dealkylation sites (tertiary alicyclic amines) is 1. The molecule has 2 aromatic carbocycles. The topological polar surface area (TPSA) is 56.4 Å². The van der Waals surface area contributed by atoms with Crippen molar-refractivity contribution in [3.8, 4) is 0 Å². The number of benzene rings is 2. The number of amides is 1. The Hall–Kier alpha value is -2.18. The van der Waals surface area contributed by atoms with Gasteiger partial charge in [-0.2, -0.15) is 0 Å². The summed E-state index contributed by atoms with van der Waals surface area (Å²) in [4.78, 5) is 14.6. The minimum absolute atomic E-state index is 0.0537. The zero-order valence-electron chi connectivity index (χ0n) is 16.0. The average molecular weight is 385 g/mol. The lowest BCUT2D eigenvalue weighted by Crippen LogP contribution is -2.47. The van der Waals surface area contributed by atoms with Crippen molar-refractivity contribution in [2.45, 2.75) is 51.6 Å². The van der Waals surface area contributed by atoms with Crippen molar-refractivity contribution < 1.29 is 4.79 Å². The highest BCUT2D eigenvalue weighted by Gasteiger charge is 2.24. The van der Waals surface area contributed by atoms with E-state index in [1.165, 1.54) is 19.3 Å². The molecule has 1 amide bonds. The summed E-state index contributed by atoms with van der Waals surface area (Å²) in [5.74, 6) is -0.0537. The molecule has 2 atom stereocenters. The Balaban J connectivity index is 1.46. The number of carbonyl (C=O) groups is 1. The van der Waals surface area contributed by atoms with E-state index in [9.17, 15) is 4.79 Å². The van der Waals surface area contributed by atoms with Crippen LogP contribution < -0.4 is 16.2 Å². The van der Waals surface area contributed by atoms with Crippen LogP contribution in [0.4, 0.5) is 5.69 Å². The third-order valence-electron chi connectivity index (χ3n) is 5.33. The van der Waals surface area contributed by atoms with Crippen LogP contribution in [0.1, 0.15) is 39.5 Å². The molecule has 1 aliphatic rings. The van der Waals surface area contributed by atoms with Gasteiger partial charge >= 0.3 is 0 Å². The van der Waals surface area contributed by atoms with Gasteiger partial charge < -0.3 is 5.32 Å². The molecule has 0 aliphatic carbocycles. The van der Waals surface area contributed by atoms with E-state index in [-0.39, 0.29) is 5.91 Å². The molecule has 5 nitrogen and oxygen atoms in total. The van der Waals surface area contributed by atoms with Crippen molar-refractivity contribution in [2.24, 2.45) is 0 Å². The van der Waals surface area contributed by atoms with Crippen LogP contribution in [-0.4, -0.2) is 34.5 Å². The molecule has 3 N–H and O–H groups in total. The van der Waals surface area contributed by atoms with Crippen LogP contribution in [0.3, 0.4) is 0 Å². The fourth-order valence-corrected chi connectivity index (χ4v) is 3.98. The number of hydrazine groups is 1. The molecule has 0 bridgehead atoms. The highest BCUT2D eigenvalue weighted by atomic mass is 32.1. The van der Waals surface area contributed by atoms with Gasteiger partial charge in [-0.3, -0.25) is 20.5 Å². The predicted octanol–water partition coefficient (Wildman–Crippen LogP) is 3.81. The lowest BCUT2D eigenvalue weighted by atomic mass is 9.97. The Labute approximate surface area is 166 Å². The molecule has 144 valence electrons. The Morgan fingerprint density at radius 3 is 2.56 bits per heavy atom. The fraction of sp³-hybridized carbons (Fsp3) is 0.429. The maximum atomic E-state index is 12.2. The molecule has 2 aromatic rings. The normalized spacial score (nSPS) is 20.2. The van der Waals surface area contributed by atoms with E-state index in [2.05, 4.69) is 47.0 Å². The Kier molecular flexibility index (Phi) is 6.63. The monoisotopic (exact) mass is 384 g/mol. The van der Waals surface area contributed by atoms with Gasteiger partial charge in [0.1, 0.15) is 0 Å². The van der Waals surface area contributed by atoms with Gasteiger partial charge in [-0.05, 0) is 50.4 Å². The molecular formula is C21H28N4OS. The first kappa shape index (κ1) is 19.6. The SMILES string of the molecule is CC1CCCC(C)N1CCC(=O)NNC(=S)Nc1cccc2ccccc12. The minimum atomic E-state index is -0.0537. The number of thiocarbonyl (C=S) groups is 1. The van der Waals surface area contributed by atoms with Crippen molar-refractivity contribution in [3.05, 3.63) is 42.5 Å². The molecule has 27 heavy (non-hydrogen) atoms. The van der Waals surface area contributed by atoms with Crippen LogP contribution >= 0.6 is 12.2 Å². The van der Waals surface area contributed by atoms with Crippen molar-refractivity contribution in [3.63, 3.8) is 0 Å². The summed E-state index contributed by atoms with van der Waals surface area (Å²) in [6, 6.07) is 15.2. The summed E-state index contributed by atoms with van der Waals surface area (Å²) in [6.45, 7) is 5.27. The van der Waals surface area contributed by atoms with E-state index in [0.29, 0.717) is 23.6 Å². The third-order valence-corrected chi connectivity index (χ3v) is 5.53. The molecule has 0 spiro atoms. The number of hydrogen-bond acceptors (Lipinski definition) is 3. The van der Waals surface area contributed by atoms with Crippen molar-refractivity contribution >= 4 is 39.7 Å². The summed E-state index contributed by atoms with van der Waals surface area (Å²) in [5.41, 5.74) is 6.42. The first-order valence-electron chi connectivity index (χ1n) is 9.64. The molecule has 2 unspecified atom stereocenters. The summed E-state index contributed by atoms with van der Waals surface area (Å²) in [6.07, 6.45) is 4.16. The van der Waals surface area contributed by atoms with Gasteiger partial charge in [-0.25, -0.2) is 0 Å². The maximum Gasteiger partial charge on any atom is 0.239 e. The van der Waals surface area contributed by atoms with Crippen molar-refractivity contribution in [2.75, 3.05) is 11.9 Å². The second-order valence-electron chi connectivity index (χ2n) is 7.27. The number of piperidine rings is 1. The van der Waals surface area contributed by atoms with E-state index in [1.807, 2.05) is 30.3 Å². The Morgan fingerprint density at radius 2 is 1.78 bits per heavy atom. The molecule has 1 heterocycles. The summed E-state index contributed by atoms with van der Waals surface area (Å²) in [5, 5.41) is 5.75. The van der Waals surface area contributed by atoms with Crippen LogP contribution in [-0.2, 0) is 4.79 Å². The van der Waals surface area contributed by atoms with E-state index in [1.54, 1.807) is 0 Å². The smallest absolute Gasteiger partial charge is 0.239 e. The van der Waals surface area contributed by atoms with Gasteiger partial charge in [-0.1, -0.05) is 42.8 Å². The fourth-order valence-electron chi connectivity index (χ4n) is 3.82. The van der Waals surface area contributed by atoms with E-state index >= 15 is 0 Å². The zero-order valence-corrected chi connectivity index (χ0v) is 16.8. The van der Waals surface area contributed by atoms with Crippen LogP contribution in [0.15, 0.2) is 42.5 Å². The van der Waals surface area contributed by atoms with Crippen LogP contribution in [0, 0.1) is 0 Å². The van der Waals surface area contributed by atoms with Gasteiger partial charge in [-0.15, -0.1) is 0 Å². The van der Waals surface area contributed by atoms with Gasteiger partial charge in [0.05, 0.1) is 0 Å². The van der Waals surface area contributed by atoms with E-state index in [0.717, 1.165) is 23.0 Å². The maximum absolute atomic E-state index is 12.2. The van der Waals surface area contributed by atoms with Crippen LogP contribution in [0.25, 0.3) is 10.8 Å². The summed E-state index contributed by atoms with van der Waals surface area (Å²) < 4.78 is 0. The molecule has 1 saturated heterocycles. The standard InChI is InChI=1S/C21H28N4OS/c1-15-7-5-8-16(2)25(15)14-13-20(26)23-24-21(27)22-19-12-6-10-17-9-3-4-11-18(17)19/h3-4,6,9-12,15-16H,5,7-8,13-14H2,1-2H3,(H,23,26)(H2,22,24,27). The number of fused-ring (bicyclic) bond motifs is 1. The van der Waals surface area contributed by atoms with Gasteiger partial charge in [0.25, 0.3) is 0 Å². The molecule has 6 heteroatoms. The molecule has 0 aromatic heterocycles. The second kappa shape index (κ2) is 9.15. The second-order valence-corrected chi connectivity index (χ2v) is 7.68. The van der Waals surface area contributed by atoms with Crippen molar-refractivity contribution in [1.29, 1.82) is 0 Å². The quantitative estimate of drug-likeness (QED) is 0.553. The Bertz CT molecular complexity index is 794. The first-order valence-corrected chi connectivity index (χ1v) is 10.0. The van der Waals surface area contributed by atoms with E-state index in [4.69, 9.17) is 12.2 Å². The minimum Gasteiger partial charge on any atom is -0.331 e. The molecule has 0 radical (unpaired) electrons. The molecular weight excluding hydrogens is 356 g/mol. The van der Waals surface area contributed by atoms with E-state index < -0.39 is 0 Å². The van der Waals surface area contributed by atoms with Crippen LogP contribution in [0.5, 0.6) is 0 Å². The third kappa shape index (κ3) is 5.17. The lowest BCUT2D eigenvalue weighted by molar-refractivity contribution is -0.122. The molecule has 1 fully saturated rings. The highest BCUT2D eigenvalue weighted by molar-refractivity contribution is 7.80. The van der Waals surface area contributed by atoms with Crippen LogP contribution in [0.2, 0.25) is 0 Å². The Morgan fingerprint density at radius 1 is 1.07 bits per heavy atom. The zero-order chi connectivity index (χ0) is 19.2. The molecule has 0 saturated carbocycles. The largest absolute Gasteiger partial charge is 0.331 e. The number of hydrogen-bond donors (Lipinski definition) is 3. The first-order chi connectivity index (χ1) is 13.0. The van der Waals surface area contributed by atoms with Gasteiger partial charge in [0.15, 0.2) is 5.11 Å². The summed E-state index contributed by atoms with van der Waals surface area (Å²) >= 11 is 5.32. The number of nitrogens with zero attached hydrogens (tertiary/aromatic N) is 1. The number of nitrogens with one attached hydrogen (secondary N) is 3. The predicted molar refractivity (Wildman–Crippen MR) is 116 cm³/mol. The van der Waals surface area contributed by atoms with Gasteiger partial charge in [0.2, 0.25) is 5.91 Å². The number of rotatable bonds is 4. The number of anilines is 1. The highest BCUT2D eigenvalue weighted by Crippen LogP contribution is 2.23. The van der Waals surface area contributed by atoms with Crippen molar-refractivity contribution in [1.82, 2.24) is 15.8 Å². The number of carbonyl (C=O) groups excluding carboxylic acids is 1.